The zero-order chi connectivity index (χ0) is 9.52. The van der Waals surface area contributed by atoms with Gasteiger partial charge >= 0.3 is 5.97 Å². The molecule has 13 heavy (non-hydrogen) atoms. The van der Waals surface area contributed by atoms with Gasteiger partial charge in [0.2, 0.25) is 0 Å². The number of benzene rings is 1. The molecule has 0 aliphatic carbocycles. The number of carbonyl (C=O) groups excluding carboxylic acids is 1. The molecule has 1 N–H and O–H groups in total. The Hall–Kier alpha value is -1.79. The maximum Gasteiger partial charge on any atom is 0.416 e. The number of hydrogen-bond donors (Lipinski definition) is 1. The van der Waals surface area contributed by atoms with Crippen LogP contribution in [0, 0.1) is 11.8 Å². The van der Waals surface area contributed by atoms with E-state index in [1.165, 1.54) is 0 Å². The van der Waals surface area contributed by atoms with Crippen LogP contribution in [-0.2, 0) is 16.1 Å². The van der Waals surface area contributed by atoms with Crippen molar-refractivity contribution in [2.45, 2.75) is 6.42 Å². The summed E-state index contributed by atoms with van der Waals surface area (Å²) in [6.07, 6.45) is 0.468. The van der Waals surface area contributed by atoms with E-state index in [0.29, 0.717) is 6.42 Å². The van der Waals surface area contributed by atoms with Gasteiger partial charge < -0.3 is 0 Å². The highest BCUT2D eigenvalue weighted by atomic mass is 17.1. The molecule has 0 saturated heterocycles. The van der Waals surface area contributed by atoms with Crippen LogP contribution >= 0.6 is 0 Å². The minimum atomic E-state index is -0.934. The Kier molecular flexibility index (Phi) is 3.55. The highest BCUT2D eigenvalue weighted by molar-refractivity contribution is 5.87. The van der Waals surface area contributed by atoms with E-state index in [9.17, 15) is 4.79 Å². The molecule has 3 heteroatoms. The second kappa shape index (κ2) is 4.96. The molecule has 3 nitrogen and oxygen atoms in total. The van der Waals surface area contributed by atoms with Gasteiger partial charge in [-0.25, -0.2) is 4.79 Å². The third-order valence-corrected chi connectivity index (χ3v) is 1.41. The van der Waals surface area contributed by atoms with Crippen molar-refractivity contribution in [2.75, 3.05) is 0 Å². The highest BCUT2D eigenvalue weighted by Gasteiger charge is 1.91. The van der Waals surface area contributed by atoms with Gasteiger partial charge in [-0.1, -0.05) is 36.3 Å². The Labute approximate surface area is 75.9 Å². The molecule has 0 aliphatic heterocycles. The Morgan fingerprint density at radius 1 is 1.38 bits per heavy atom. The molecular formula is C10H8O3. The van der Waals surface area contributed by atoms with E-state index >= 15 is 0 Å². The quantitative estimate of drug-likeness (QED) is 0.398. The van der Waals surface area contributed by atoms with E-state index in [1.54, 1.807) is 0 Å². The molecule has 0 bridgehead atoms. The summed E-state index contributed by atoms with van der Waals surface area (Å²) < 4.78 is 0. The van der Waals surface area contributed by atoms with Crippen molar-refractivity contribution in [2.24, 2.45) is 0 Å². The Morgan fingerprint density at radius 3 is 2.69 bits per heavy atom. The summed E-state index contributed by atoms with van der Waals surface area (Å²) in [5.74, 6) is 3.75. The lowest BCUT2D eigenvalue weighted by atomic mass is 10.2. The average molecular weight is 176 g/mol. The lowest BCUT2D eigenvalue weighted by molar-refractivity contribution is -0.226. The van der Waals surface area contributed by atoms with Gasteiger partial charge in [-0.2, -0.15) is 5.26 Å². The summed E-state index contributed by atoms with van der Waals surface area (Å²) in [4.78, 5) is 13.7. The molecule has 0 aromatic heterocycles. The van der Waals surface area contributed by atoms with Crippen molar-refractivity contribution in [1.82, 2.24) is 0 Å². The summed E-state index contributed by atoms with van der Waals surface area (Å²) in [5.41, 5.74) is 1.01. The van der Waals surface area contributed by atoms with Gasteiger partial charge in [-0.3, -0.25) is 4.89 Å². The van der Waals surface area contributed by atoms with Gasteiger partial charge in [0.05, 0.1) is 0 Å². The van der Waals surface area contributed by atoms with Gasteiger partial charge in [-0.05, 0) is 5.56 Å². The van der Waals surface area contributed by atoms with Crippen LogP contribution in [0.3, 0.4) is 0 Å². The van der Waals surface area contributed by atoms with Crippen molar-refractivity contribution in [3.8, 4) is 11.8 Å². The molecule has 0 heterocycles. The fourth-order valence-electron chi connectivity index (χ4n) is 0.837. The largest absolute Gasteiger partial charge is 0.416 e. The first kappa shape index (κ1) is 9.30. The predicted molar refractivity (Wildman–Crippen MR) is 46.6 cm³/mol. The lowest BCUT2D eigenvalue weighted by Gasteiger charge is -1.90. The monoisotopic (exact) mass is 176 g/mol. The zero-order valence-corrected chi connectivity index (χ0v) is 6.86. The van der Waals surface area contributed by atoms with Crippen LogP contribution < -0.4 is 0 Å². The van der Waals surface area contributed by atoms with E-state index in [2.05, 4.69) is 16.7 Å². The van der Waals surface area contributed by atoms with E-state index in [4.69, 9.17) is 5.26 Å². The molecule has 0 radical (unpaired) electrons. The van der Waals surface area contributed by atoms with Crippen molar-refractivity contribution in [1.29, 1.82) is 0 Å². The predicted octanol–water partition coefficient (Wildman–Crippen LogP) is 1.25. The first-order valence-corrected chi connectivity index (χ1v) is 3.71. The number of rotatable bonds is 1. The standard InChI is InChI=1S/C10H8O3/c11-10(13-12)8-4-7-9-5-2-1-3-6-9/h1-3,5-6,12H,7H2. The molecule has 0 aliphatic rings. The van der Waals surface area contributed by atoms with Crippen LogP contribution in [0.5, 0.6) is 0 Å². The Bertz CT molecular complexity index is 332. The third kappa shape index (κ3) is 3.41. The molecule has 0 amide bonds. The fourth-order valence-corrected chi connectivity index (χ4v) is 0.837. The Morgan fingerprint density at radius 2 is 2.08 bits per heavy atom. The first-order chi connectivity index (χ1) is 6.33. The normalized spacial score (nSPS) is 8.38. The molecule has 0 spiro atoms. The van der Waals surface area contributed by atoms with Crippen molar-refractivity contribution >= 4 is 5.97 Å². The number of hydrogen-bond acceptors (Lipinski definition) is 3. The van der Waals surface area contributed by atoms with Crippen LogP contribution in [0.4, 0.5) is 0 Å². The maximum absolute atomic E-state index is 10.4. The zero-order valence-electron chi connectivity index (χ0n) is 6.86. The lowest BCUT2D eigenvalue weighted by Crippen LogP contribution is -1.95. The molecule has 0 fully saturated rings. The summed E-state index contributed by atoms with van der Waals surface area (Å²) in [6.45, 7) is 0. The second-order valence-corrected chi connectivity index (χ2v) is 2.34. The average Bonchev–Trinajstić information content (AvgIpc) is 2.19. The molecule has 0 atom stereocenters. The van der Waals surface area contributed by atoms with Gasteiger partial charge in [0.1, 0.15) is 0 Å². The summed E-state index contributed by atoms with van der Waals surface area (Å²) in [7, 11) is 0. The van der Waals surface area contributed by atoms with Crippen LogP contribution in [0.2, 0.25) is 0 Å². The van der Waals surface area contributed by atoms with Crippen LogP contribution in [0.15, 0.2) is 30.3 Å². The van der Waals surface area contributed by atoms with Crippen molar-refractivity contribution in [3.63, 3.8) is 0 Å². The molecule has 1 rings (SSSR count). The van der Waals surface area contributed by atoms with Crippen molar-refractivity contribution in [3.05, 3.63) is 35.9 Å². The topological polar surface area (TPSA) is 46.5 Å². The SMILES string of the molecule is O=C(C#CCc1ccccc1)OO. The minimum Gasteiger partial charge on any atom is -0.286 e. The van der Waals surface area contributed by atoms with Gasteiger partial charge in [-0.15, -0.1) is 0 Å². The van der Waals surface area contributed by atoms with Gasteiger partial charge in [0.25, 0.3) is 0 Å². The molecule has 1 aromatic rings. The molecule has 0 saturated carbocycles. The second-order valence-electron chi connectivity index (χ2n) is 2.34. The highest BCUT2D eigenvalue weighted by Crippen LogP contribution is 1.97. The fraction of sp³-hybridized carbons (Fsp3) is 0.100. The molecule has 0 unspecified atom stereocenters. The van der Waals surface area contributed by atoms with Crippen molar-refractivity contribution < 1.29 is 14.9 Å². The Balaban J connectivity index is 2.51. The van der Waals surface area contributed by atoms with Gasteiger partial charge in [0, 0.05) is 12.3 Å². The third-order valence-electron chi connectivity index (χ3n) is 1.41. The van der Waals surface area contributed by atoms with E-state index in [-0.39, 0.29) is 0 Å². The molecule has 66 valence electrons. The van der Waals surface area contributed by atoms with Gasteiger partial charge in [0.15, 0.2) is 0 Å². The van der Waals surface area contributed by atoms with E-state index in [1.807, 2.05) is 30.3 Å². The smallest absolute Gasteiger partial charge is 0.286 e. The van der Waals surface area contributed by atoms with Crippen LogP contribution in [-0.4, -0.2) is 11.2 Å². The van der Waals surface area contributed by atoms with E-state index < -0.39 is 5.97 Å². The first-order valence-electron chi connectivity index (χ1n) is 3.71. The maximum atomic E-state index is 10.4. The summed E-state index contributed by atoms with van der Waals surface area (Å²) in [5, 5.41) is 7.88. The number of carbonyl (C=O) groups is 1. The summed E-state index contributed by atoms with van der Waals surface area (Å²) in [6, 6.07) is 9.49. The van der Waals surface area contributed by atoms with Crippen LogP contribution in [0.1, 0.15) is 5.56 Å². The molecule has 1 aromatic carbocycles. The van der Waals surface area contributed by atoms with E-state index in [0.717, 1.165) is 5.56 Å². The summed E-state index contributed by atoms with van der Waals surface area (Å²) >= 11 is 0. The minimum absolute atomic E-state index is 0.468. The molecular weight excluding hydrogens is 168 g/mol. The van der Waals surface area contributed by atoms with Crippen LogP contribution in [0.25, 0.3) is 0 Å².